The Morgan fingerprint density at radius 1 is 1.37 bits per heavy atom. The molecule has 2 fully saturated rings. The molecule has 19 heavy (non-hydrogen) atoms. The standard InChI is InChI=1S/C14H26N2O2.ClH/c1-9(10-7-15-8-10)12(17)16-11-6-14(4,18-5)13(11,2)3;/h9-11,15H,6-8H2,1-5H3,(H,16,17);1H. The zero-order valence-corrected chi connectivity index (χ0v) is 13.4. The van der Waals surface area contributed by atoms with Crippen LogP contribution >= 0.6 is 12.4 Å². The molecule has 0 aromatic heterocycles. The maximum Gasteiger partial charge on any atom is 0.223 e. The lowest BCUT2D eigenvalue weighted by Crippen LogP contribution is -2.69. The minimum absolute atomic E-state index is 0. The molecule has 112 valence electrons. The average molecular weight is 291 g/mol. The Kier molecular flexibility index (Phi) is 4.92. The summed E-state index contributed by atoms with van der Waals surface area (Å²) in [5.41, 5.74) is -0.124. The number of rotatable bonds is 4. The van der Waals surface area contributed by atoms with Gasteiger partial charge in [0, 0.05) is 24.5 Å². The van der Waals surface area contributed by atoms with Gasteiger partial charge in [0.25, 0.3) is 0 Å². The Hall–Kier alpha value is -0.320. The fraction of sp³-hybridized carbons (Fsp3) is 0.929. The van der Waals surface area contributed by atoms with Crippen molar-refractivity contribution in [2.45, 2.75) is 45.8 Å². The molecule has 2 aliphatic rings. The van der Waals surface area contributed by atoms with E-state index in [1.165, 1.54) is 0 Å². The number of hydrogen-bond donors (Lipinski definition) is 2. The van der Waals surface area contributed by atoms with Crippen molar-refractivity contribution in [2.75, 3.05) is 20.2 Å². The van der Waals surface area contributed by atoms with E-state index in [0.29, 0.717) is 5.92 Å². The highest BCUT2D eigenvalue weighted by Gasteiger charge is 2.58. The molecule has 1 aliphatic heterocycles. The molecule has 2 rings (SSSR count). The Morgan fingerprint density at radius 3 is 2.32 bits per heavy atom. The van der Waals surface area contributed by atoms with Crippen LogP contribution in [0.2, 0.25) is 0 Å². The minimum Gasteiger partial charge on any atom is -0.378 e. The molecule has 1 amide bonds. The highest BCUT2D eigenvalue weighted by atomic mass is 35.5. The maximum atomic E-state index is 12.2. The predicted octanol–water partition coefficient (Wildman–Crippen LogP) is 1.58. The first kappa shape index (κ1) is 16.7. The first-order chi connectivity index (χ1) is 8.32. The molecule has 3 unspecified atom stereocenters. The molecule has 1 saturated heterocycles. The van der Waals surface area contributed by atoms with Crippen molar-refractivity contribution >= 4 is 18.3 Å². The first-order valence-corrected chi connectivity index (χ1v) is 6.88. The Balaban J connectivity index is 0.00000180. The largest absolute Gasteiger partial charge is 0.378 e. The maximum absolute atomic E-state index is 12.2. The molecule has 0 radical (unpaired) electrons. The summed E-state index contributed by atoms with van der Waals surface area (Å²) in [5, 5.41) is 6.42. The van der Waals surface area contributed by atoms with E-state index in [0.717, 1.165) is 19.5 Å². The predicted molar refractivity (Wildman–Crippen MR) is 78.5 cm³/mol. The highest BCUT2D eigenvalue weighted by Crippen LogP contribution is 2.51. The Bertz CT molecular complexity index is 344. The van der Waals surface area contributed by atoms with Crippen LogP contribution in [0.5, 0.6) is 0 Å². The van der Waals surface area contributed by atoms with Gasteiger partial charge in [-0.1, -0.05) is 20.8 Å². The fourth-order valence-electron chi connectivity index (χ4n) is 2.90. The molecule has 4 nitrogen and oxygen atoms in total. The van der Waals surface area contributed by atoms with Gasteiger partial charge in [0.15, 0.2) is 0 Å². The van der Waals surface area contributed by atoms with E-state index in [1.807, 2.05) is 6.92 Å². The molecule has 3 atom stereocenters. The number of ether oxygens (including phenoxy) is 1. The summed E-state index contributed by atoms with van der Waals surface area (Å²) >= 11 is 0. The number of carbonyl (C=O) groups is 1. The molecule has 1 saturated carbocycles. The second-order valence-electron chi connectivity index (χ2n) is 6.63. The minimum atomic E-state index is -0.119. The quantitative estimate of drug-likeness (QED) is 0.827. The van der Waals surface area contributed by atoms with E-state index < -0.39 is 0 Å². The normalized spacial score (nSPS) is 34.5. The lowest BCUT2D eigenvalue weighted by Gasteiger charge is -2.59. The van der Waals surface area contributed by atoms with Crippen LogP contribution in [0.15, 0.2) is 0 Å². The summed E-state index contributed by atoms with van der Waals surface area (Å²) in [5.74, 6) is 0.802. The average Bonchev–Trinajstić information content (AvgIpc) is 2.25. The van der Waals surface area contributed by atoms with Crippen LogP contribution in [-0.2, 0) is 9.53 Å². The van der Waals surface area contributed by atoms with Gasteiger partial charge in [-0.15, -0.1) is 12.4 Å². The number of hydrogen-bond acceptors (Lipinski definition) is 3. The van der Waals surface area contributed by atoms with Crippen molar-refractivity contribution in [1.82, 2.24) is 10.6 Å². The molecule has 5 heteroatoms. The monoisotopic (exact) mass is 290 g/mol. The topological polar surface area (TPSA) is 50.4 Å². The van der Waals surface area contributed by atoms with Crippen LogP contribution in [-0.4, -0.2) is 37.7 Å². The highest BCUT2D eigenvalue weighted by molar-refractivity contribution is 5.85. The third-order valence-corrected chi connectivity index (χ3v) is 5.53. The second kappa shape index (κ2) is 5.58. The molecule has 0 aromatic carbocycles. The van der Waals surface area contributed by atoms with Gasteiger partial charge in [-0.25, -0.2) is 0 Å². The molecule has 2 N–H and O–H groups in total. The smallest absolute Gasteiger partial charge is 0.223 e. The lowest BCUT2D eigenvalue weighted by atomic mass is 9.55. The van der Waals surface area contributed by atoms with Crippen molar-refractivity contribution in [2.24, 2.45) is 17.3 Å². The third-order valence-electron chi connectivity index (χ3n) is 5.53. The molecule has 0 aromatic rings. The van der Waals surface area contributed by atoms with Gasteiger partial charge in [-0.2, -0.15) is 0 Å². The van der Waals surface area contributed by atoms with Crippen molar-refractivity contribution < 1.29 is 9.53 Å². The molecule has 0 spiro atoms. The number of methoxy groups -OCH3 is 1. The van der Waals surface area contributed by atoms with E-state index in [1.54, 1.807) is 7.11 Å². The zero-order chi connectivity index (χ0) is 13.6. The summed E-state index contributed by atoms with van der Waals surface area (Å²) in [6, 6.07) is 0.227. The van der Waals surface area contributed by atoms with Crippen LogP contribution in [0.4, 0.5) is 0 Å². The van der Waals surface area contributed by atoms with Crippen molar-refractivity contribution in [3.8, 4) is 0 Å². The summed E-state index contributed by atoms with van der Waals surface area (Å²) in [7, 11) is 1.75. The molecular weight excluding hydrogens is 264 g/mol. The van der Waals surface area contributed by atoms with Crippen molar-refractivity contribution in [3.05, 3.63) is 0 Å². The number of nitrogens with one attached hydrogen (secondary N) is 2. The van der Waals surface area contributed by atoms with E-state index >= 15 is 0 Å². The lowest BCUT2D eigenvalue weighted by molar-refractivity contribution is -0.183. The van der Waals surface area contributed by atoms with Crippen molar-refractivity contribution in [3.63, 3.8) is 0 Å². The van der Waals surface area contributed by atoms with Crippen LogP contribution in [0.1, 0.15) is 34.1 Å². The van der Waals surface area contributed by atoms with Gasteiger partial charge >= 0.3 is 0 Å². The van der Waals surface area contributed by atoms with Crippen molar-refractivity contribution in [1.29, 1.82) is 0 Å². The fourth-order valence-corrected chi connectivity index (χ4v) is 2.90. The second-order valence-corrected chi connectivity index (χ2v) is 6.63. The van der Waals surface area contributed by atoms with Gasteiger partial charge in [0.1, 0.15) is 0 Å². The number of carbonyl (C=O) groups excluding carboxylic acids is 1. The van der Waals surface area contributed by atoms with Gasteiger partial charge in [-0.3, -0.25) is 4.79 Å². The van der Waals surface area contributed by atoms with Gasteiger partial charge in [0.2, 0.25) is 5.91 Å². The van der Waals surface area contributed by atoms with Crippen LogP contribution < -0.4 is 10.6 Å². The Labute approximate surface area is 122 Å². The van der Waals surface area contributed by atoms with Gasteiger partial charge in [-0.05, 0) is 32.4 Å². The van der Waals surface area contributed by atoms with Crippen LogP contribution in [0.25, 0.3) is 0 Å². The molecule has 1 heterocycles. The zero-order valence-electron chi connectivity index (χ0n) is 12.6. The van der Waals surface area contributed by atoms with E-state index in [-0.39, 0.29) is 41.3 Å². The van der Waals surface area contributed by atoms with Gasteiger partial charge < -0.3 is 15.4 Å². The van der Waals surface area contributed by atoms with Gasteiger partial charge in [0.05, 0.1) is 5.60 Å². The van der Waals surface area contributed by atoms with Crippen LogP contribution in [0.3, 0.4) is 0 Å². The van der Waals surface area contributed by atoms with E-state index in [4.69, 9.17) is 4.74 Å². The van der Waals surface area contributed by atoms with E-state index in [2.05, 4.69) is 31.4 Å². The third kappa shape index (κ3) is 2.63. The van der Waals surface area contributed by atoms with E-state index in [9.17, 15) is 4.79 Å². The molecule has 1 aliphatic carbocycles. The molecule has 0 bridgehead atoms. The summed E-state index contributed by atoms with van der Waals surface area (Å²) in [4.78, 5) is 12.2. The summed E-state index contributed by atoms with van der Waals surface area (Å²) in [6.07, 6.45) is 0.901. The first-order valence-electron chi connectivity index (χ1n) is 6.88. The summed E-state index contributed by atoms with van der Waals surface area (Å²) in [6.45, 7) is 10.4. The number of halogens is 1. The SMILES string of the molecule is COC1(C)CC(NC(=O)C(C)C2CNC2)C1(C)C.Cl. The number of amides is 1. The summed E-state index contributed by atoms with van der Waals surface area (Å²) < 4.78 is 5.58. The molecular formula is C14H27ClN2O2. The Morgan fingerprint density at radius 2 is 1.95 bits per heavy atom. The van der Waals surface area contributed by atoms with Crippen LogP contribution in [0, 0.1) is 17.3 Å².